The van der Waals surface area contributed by atoms with E-state index in [-0.39, 0.29) is 5.91 Å². The molecule has 2 aromatic rings. The minimum absolute atomic E-state index is 0.152. The van der Waals surface area contributed by atoms with Crippen LogP contribution in [-0.2, 0) is 0 Å². The molecule has 0 N–H and O–H groups in total. The summed E-state index contributed by atoms with van der Waals surface area (Å²) in [6, 6.07) is 12.6. The Bertz CT molecular complexity index is 790. The highest BCUT2D eigenvalue weighted by molar-refractivity contribution is 5.99. The van der Waals surface area contributed by atoms with Gasteiger partial charge in [-0.1, -0.05) is 24.3 Å². The number of piperidine rings is 2. The Labute approximate surface area is 162 Å². The Morgan fingerprint density at radius 3 is 2.44 bits per heavy atom. The first kappa shape index (κ1) is 18.0. The number of pyridine rings is 1. The minimum atomic E-state index is 0.152. The molecule has 142 valence electrons. The van der Waals surface area contributed by atoms with Crippen LogP contribution in [0.25, 0.3) is 0 Å². The summed E-state index contributed by atoms with van der Waals surface area (Å²) in [5.41, 5.74) is 3.63. The van der Waals surface area contributed by atoms with Crippen LogP contribution >= 0.6 is 0 Å². The second-order valence-electron chi connectivity index (χ2n) is 7.85. The number of benzene rings is 1. The molecule has 1 aromatic heterocycles. The van der Waals surface area contributed by atoms with E-state index in [4.69, 9.17) is 0 Å². The molecule has 27 heavy (non-hydrogen) atoms. The number of likely N-dealkylation sites (tertiary alicyclic amines) is 1. The molecule has 0 unspecified atom stereocenters. The van der Waals surface area contributed by atoms with E-state index in [9.17, 15) is 4.79 Å². The number of aromatic nitrogens is 1. The number of carbonyl (C=O) groups is 1. The maximum atomic E-state index is 13.1. The first-order chi connectivity index (χ1) is 13.2. The SMILES string of the molecule is Cc1ccccc1C1CCN(c2ncccc2C(=O)N2CCCCC2)CC1. The fraction of sp³-hybridized carbons (Fsp3) is 0.478. The summed E-state index contributed by atoms with van der Waals surface area (Å²) in [6.45, 7) is 5.87. The van der Waals surface area contributed by atoms with Crippen LogP contribution in [0.3, 0.4) is 0 Å². The molecule has 4 heteroatoms. The summed E-state index contributed by atoms with van der Waals surface area (Å²) in [5, 5.41) is 0. The van der Waals surface area contributed by atoms with Gasteiger partial charge in [0.2, 0.25) is 0 Å². The van der Waals surface area contributed by atoms with Gasteiger partial charge in [0.05, 0.1) is 5.56 Å². The number of carbonyl (C=O) groups excluding carboxylic acids is 1. The van der Waals surface area contributed by atoms with Crippen molar-refractivity contribution >= 4 is 11.7 Å². The first-order valence-electron chi connectivity index (χ1n) is 10.3. The average molecular weight is 364 g/mol. The maximum absolute atomic E-state index is 13.1. The number of nitrogens with zero attached hydrogens (tertiary/aromatic N) is 3. The van der Waals surface area contributed by atoms with Crippen molar-refractivity contribution < 1.29 is 4.79 Å². The maximum Gasteiger partial charge on any atom is 0.257 e. The van der Waals surface area contributed by atoms with E-state index >= 15 is 0 Å². The molecular weight excluding hydrogens is 334 g/mol. The van der Waals surface area contributed by atoms with Crippen molar-refractivity contribution in [2.24, 2.45) is 0 Å². The van der Waals surface area contributed by atoms with Gasteiger partial charge in [0.1, 0.15) is 5.82 Å². The van der Waals surface area contributed by atoms with Gasteiger partial charge in [-0.15, -0.1) is 0 Å². The summed E-state index contributed by atoms with van der Waals surface area (Å²) in [4.78, 5) is 22.0. The molecule has 1 aromatic carbocycles. The Kier molecular flexibility index (Phi) is 5.42. The highest BCUT2D eigenvalue weighted by Crippen LogP contribution is 2.32. The Balaban J connectivity index is 1.49. The number of anilines is 1. The highest BCUT2D eigenvalue weighted by Gasteiger charge is 2.27. The molecule has 1 amide bonds. The summed E-state index contributed by atoms with van der Waals surface area (Å²) in [5.74, 6) is 1.63. The highest BCUT2D eigenvalue weighted by atomic mass is 16.2. The standard InChI is InChI=1S/C23H29N3O/c1-18-8-3-4-9-20(18)19-11-16-25(17-12-19)22-21(10-7-13-24-22)23(27)26-14-5-2-6-15-26/h3-4,7-10,13,19H,2,5-6,11-12,14-17H2,1H3. The largest absolute Gasteiger partial charge is 0.356 e. The van der Waals surface area contributed by atoms with Crippen molar-refractivity contribution in [1.29, 1.82) is 0 Å². The third kappa shape index (κ3) is 3.85. The van der Waals surface area contributed by atoms with Gasteiger partial charge < -0.3 is 9.80 Å². The van der Waals surface area contributed by atoms with Gasteiger partial charge in [-0.05, 0) is 68.2 Å². The molecule has 0 aliphatic carbocycles. The lowest BCUT2D eigenvalue weighted by atomic mass is 9.87. The van der Waals surface area contributed by atoms with E-state index in [1.165, 1.54) is 17.5 Å². The predicted molar refractivity (Wildman–Crippen MR) is 109 cm³/mol. The molecular formula is C23H29N3O. The van der Waals surface area contributed by atoms with Crippen LogP contribution in [0.15, 0.2) is 42.6 Å². The minimum Gasteiger partial charge on any atom is -0.356 e. The quantitative estimate of drug-likeness (QED) is 0.811. The van der Waals surface area contributed by atoms with E-state index in [1.54, 1.807) is 0 Å². The average Bonchev–Trinajstić information content (AvgIpc) is 2.74. The molecule has 0 bridgehead atoms. The van der Waals surface area contributed by atoms with Gasteiger partial charge in [-0.3, -0.25) is 4.79 Å². The fourth-order valence-electron chi connectivity index (χ4n) is 4.53. The van der Waals surface area contributed by atoms with Crippen molar-refractivity contribution in [1.82, 2.24) is 9.88 Å². The van der Waals surface area contributed by atoms with Gasteiger partial charge in [0, 0.05) is 32.4 Å². The summed E-state index contributed by atoms with van der Waals surface area (Å²) >= 11 is 0. The smallest absolute Gasteiger partial charge is 0.257 e. The van der Waals surface area contributed by atoms with Crippen molar-refractivity contribution in [3.8, 4) is 0 Å². The van der Waals surface area contributed by atoms with Crippen LogP contribution in [0, 0.1) is 6.92 Å². The number of hydrogen-bond acceptors (Lipinski definition) is 3. The van der Waals surface area contributed by atoms with Crippen LogP contribution in [0.5, 0.6) is 0 Å². The number of amides is 1. The van der Waals surface area contributed by atoms with Crippen molar-refractivity contribution in [2.45, 2.75) is 44.9 Å². The molecule has 0 saturated carbocycles. The van der Waals surface area contributed by atoms with Crippen molar-refractivity contribution in [3.05, 3.63) is 59.3 Å². The Morgan fingerprint density at radius 1 is 0.963 bits per heavy atom. The van der Waals surface area contributed by atoms with Gasteiger partial charge in [-0.25, -0.2) is 4.98 Å². The predicted octanol–water partition coefficient (Wildman–Crippen LogP) is 4.40. The monoisotopic (exact) mass is 363 g/mol. The van der Waals surface area contributed by atoms with Gasteiger partial charge in [-0.2, -0.15) is 0 Å². The number of rotatable bonds is 3. The van der Waals surface area contributed by atoms with Gasteiger partial charge >= 0.3 is 0 Å². The van der Waals surface area contributed by atoms with Crippen LogP contribution in [0.4, 0.5) is 5.82 Å². The first-order valence-corrected chi connectivity index (χ1v) is 10.3. The third-order valence-electron chi connectivity index (χ3n) is 6.08. The zero-order valence-corrected chi connectivity index (χ0v) is 16.2. The molecule has 2 aliphatic heterocycles. The van der Waals surface area contributed by atoms with Crippen LogP contribution in [0.2, 0.25) is 0 Å². The Morgan fingerprint density at radius 2 is 1.70 bits per heavy atom. The molecule has 3 heterocycles. The van der Waals surface area contributed by atoms with Gasteiger partial charge in [0.15, 0.2) is 0 Å². The summed E-state index contributed by atoms with van der Waals surface area (Å²) in [7, 11) is 0. The molecule has 2 fully saturated rings. The molecule has 0 spiro atoms. The summed E-state index contributed by atoms with van der Waals surface area (Å²) in [6.07, 6.45) is 7.50. The summed E-state index contributed by atoms with van der Waals surface area (Å²) < 4.78 is 0. The van der Waals surface area contributed by atoms with E-state index in [1.807, 2.05) is 23.2 Å². The van der Waals surface area contributed by atoms with Gasteiger partial charge in [0.25, 0.3) is 5.91 Å². The lowest BCUT2D eigenvalue weighted by Gasteiger charge is -2.35. The van der Waals surface area contributed by atoms with E-state index < -0.39 is 0 Å². The van der Waals surface area contributed by atoms with E-state index in [0.29, 0.717) is 5.92 Å². The normalized spacial score (nSPS) is 18.6. The lowest BCUT2D eigenvalue weighted by molar-refractivity contribution is 0.0724. The van der Waals surface area contributed by atoms with Crippen molar-refractivity contribution in [3.63, 3.8) is 0 Å². The number of hydrogen-bond donors (Lipinski definition) is 0. The molecule has 2 saturated heterocycles. The topological polar surface area (TPSA) is 36.4 Å². The zero-order chi connectivity index (χ0) is 18.6. The number of aryl methyl sites for hydroxylation is 1. The molecule has 4 rings (SSSR count). The second kappa shape index (κ2) is 8.12. The molecule has 0 radical (unpaired) electrons. The van der Waals surface area contributed by atoms with Crippen LogP contribution < -0.4 is 4.90 Å². The van der Waals surface area contributed by atoms with E-state index in [2.05, 4.69) is 41.1 Å². The van der Waals surface area contributed by atoms with Crippen LogP contribution in [-0.4, -0.2) is 42.0 Å². The Hall–Kier alpha value is -2.36. The lowest BCUT2D eigenvalue weighted by Crippen LogP contribution is -2.39. The fourth-order valence-corrected chi connectivity index (χ4v) is 4.53. The second-order valence-corrected chi connectivity index (χ2v) is 7.85. The molecule has 2 aliphatic rings. The molecule has 4 nitrogen and oxygen atoms in total. The van der Waals surface area contributed by atoms with E-state index in [0.717, 1.165) is 63.2 Å². The van der Waals surface area contributed by atoms with Crippen LogP contribution in [0.1, 0.15) is 59.5 Å². The zero-order valence-electron chi connectivity index (χ0n) is 16.2. The third-order valence-corrected chi connectivity index (χ3v) is 6.08. The van der Waals surface area contributed by atoms with Crippen molar-refractivity contribution in [2.75, 3.05) is 31.1 Å². The molecule has 0 atom stereocenters.